The zero-order valence-corrected chi connectivity index (χ0v) is 10.9. The van der Waals surface area contributed by atoms with Crippen LogP contribution < -0.4 is 10.4 Å². The van der Waals surface area contributed by atoms with E-state index in [0.717, 1.165) is 16.5 Å². The molecule has 0 spiro atoms. The molecule has 0 radical (unpaired) electrons. The Morgan fingerprint density at radius 2 is 2.00 bits per heavy atom. The second kappa shape index (κ2) is 4.37. The third-order valence-corrected chi connectivity index (χ3v) is 3.01. The number of phenols is 1. The average molecular weight is 248 g/mol. The molecule has 0 aliphatic rings. The van der Waals surface area contributed by atoms with Crippen LogP contribution in [-0.2, 0) is 0 Å². The number of benzene rings is 1. The number of hydrogen-bond acceptors (Lipinski definition) is 4. The lowest BCUT2D eigenvalue weighted by Gasteiger charge is -2.13. The minimum Gasteiger partial charge on any atom is -0.502 e. The molecule has 1 aromatic carbocycles. The Morgan fingerprint density at radius 3 is 2.56 bits per heavy atom. The number of hydrogen-bond donors (Lipinski definition) is 1. The molecule has 18 heavy (non-hydrogen) atoms. The molecule has 0 aliphatic heterocycles. The molecular formula is C14H16O4. The van der Waals surface area contributed by atoms with Crippen molar-refractivity contribution < 1.29 is 14.3 Å². The fourth-order valence-corrected chi connectivity index (χ4v) is 2.15. The Balaban J connectivity index is 2.96. The van der Waals surface area contributed by atoms with Gasteiger partial charge in [-0.15, -0.1) is 0 Å². The van der Waals surface area contributed by atoms with Gasteiger partial charge in [0.2, 0.25) is 5.75 Å². The third kappa shape index (κ3) is 1.83. The highest BCUT2D eigenvalue weighted by Gasteiger charge is 2.17. The molecule has 96 valence electrons. The van der Waals surface area contributed by atoms with Crippen LogP contribution in [0, 0.1) is 6.92 Å². The number of ether oxygens (including phenoxy) is 1. The van der Waals surface area contributed by atoms with Crippen molar-refractivity contribution in [1.82, 2.24) is 0 Å². The van der Waals surface area contributed by atoms with E-state index < -0.39 is 5.63 Å². The number of phenolic OH excluding ortho intramolecular Hbond substituents is 1. The van der Waals surface area contributed by atoms with Gasteiger partial charge in [-0.3, -0.25) is 0 Å². The smallest absolute Gasteiger partial charge is 0.336 e. The molecule has 2 aromatic rings. The van der Waals surface area contributed by atoms with Gasteiger partial charge in [0.05, 0.1) is 7.11 Å². The molecule has 0 saturated heterocycles. The van der Waals surface area contributed by atoms with Crippen LogP contribution in [0.4, 0.5) is 0 Å². The van der Waals surface area contributed by atoms with E-state index in [0.29, 0.717) is 5.75 Å². The van der Waals surface area contributed by atoms with Gasteiger partial charge in [0.25, 0.3) is 0 Å². The fourth-order valence-electron chi connectivity index (χ4n) is 2.15. The summed E-state index contributed by atoms with van der Waals surface area (Å²) in [4.78, 5) is 11.5. The first-order chi connectivity index (χ1) is 8.45. The summed E-state index contributed by atoms with van der Waals surface area (Å²) < 4.78 is 10.2. The molecule has 0 atom stereocenters. The predicted octanol–water partition coefficient (Wildman–Crippen LogP) is 2.94. The zero-order chi connectivity index (χ0) is 13.4. The number of aryl methyl sites for hydroxylation is 1. The van der Waals surface area contributed by atoms with Gasteiger partial charge in [-0.25, -0.2) is 4.79 Å². The fraction of sp³-hybridized carbons (Fsp3) is 0.357. The van der Waals surface area contributed by atoms with E-state index in [-0.39, 0.29) is 17.3 Å². The van der Waals surface area contributed by atoms with E-state index in [9.17, 15) is 9.90 Å². The van der Waals surface area contributed by atoms with E-state index >= 15 is 0 Å². The summed E-state index contributed by atoms with van der Waals surface area (Å²) >= 11 is 0. The van der Waals surface area contributed by atoms with Gasteiger partial charge in [0.15, 0.2) is 11.3 Å². The van der Waals surface area contributed by atoms with Crippen molar-refractivity contribution in [3.63, 3.8) is 0 Å². The van der Waals surface area contributed by atoms with Crippen LogP contribution in [0.25, 0.3) is 11.0 Å². The average Bonchev–Trinajstić information content (AvgIpc) is 2.30. The van der Waals surface area contributed by atoms with Crippen molar-refractivity contribution in [2.45, 2.75) is 26.7 Å². The number of fused-ring (bicyclic) bond motifs is 1. The number of methoxy groups -OCH3 is 1. The molecule has 0 amide bonds. The van der Waals surface area contributed by atoms with Crippen molar-refractivity contribution in [3.8, 4) is 11.5 Å². The summed E-state index contributed by atoms with van der Waals surface area (Å²) in [6.45, 7) is 5.82. The highest BCUT2D eigenvalue weighted by atomic mass is 16.5. The van der Waals surface area contributed by atoms with Crippen LogP contribution in [0.5, 0.6) is 11.5 Å². The lowest BCUT2D eigenvalue weighted by atomic mass is 9.98. The lowest BCUT2D eigenvalue weighted by molar-refractivity contribution is 0.368. The highest BCUT2D eigenvalue weighted by Crippen LogP contribution is 2.39. The van der Waals surface area contributed by atoms with Crippen LogP contribution in [0.3, 0.4) is 0 Å². The Morgan fingerprint density at radius 1 is 1.33 bits per heavy atom. The lowest BCUT2D eigenvalue weighted by Crippen LogP contribution is -2.03. The van der Waals surface area contributed by atoms with Crippen LogP contribution in [0.15, 0.2) is 21.3 Å². The third-order valence-electron chi connectivity index (χ3n) is 3.01. The van der Waals surface area contributed by atoms with E-state index in [4.69, 9.17) is 9.15 Å². The Kier molecular flexibility index (Phi) is 3.03. The number of rotatable bonds is 2. The first-order valence-corrected chi connectivity index (χ1v) is 5.80. The maximum Gasteiger partial charge on any atom is 0.336 e. The zero-order valence-electron chi connectivity index (χ0n) is 10.9. The van der Waals surface area contributed by atoms with Crippen molar-refractivity contribution in [3.05, 3.63) is 33.7 Å². The van der Waals surface area contributed by atoms with Gasteiger partial charge < -0.3 is 14.3 Å². The van der Waals surface area contributed by atoms with Crippen molar-refractivity contribution in [1.29, 1.82) is 0 Å². The number of aromatic hydroxyl groups is 1. The maximum absolute atomic E-state index is 11.5. The van der Waals surface area contributed by atoms with Crippen LogP contribution in [0.1, 0.15) is 30.9 Å². The van der Waals surface area contributed by atoms with Crippen molar-refractivity contribution >= 4 is 11.0 Å². The van der Waals surface area contributed by atoms with Crippen molar-refractivity contribution in [2.24, 2.45) is 0 Å². The van der Waals surface area contributed by atoms with Gasteiger partial charge in [0, 0.05) is 11.5 Å². The first kappa shape index (κ1) is 12.5. The molecular weight excluding hydrogens is 232 g/mol. The highest BCUT2D eigenvalue weighted by molar-refractivity contribution is 5.89. The SMILES string of the molecule is COc1c(C)cc2c(C(C)C)cc(=O)oc2c1O. The van der Waals surface area contributed by atoms with E-state index in [1.54, 1.807) is 0 Å². The Bertz CT molecular complexity index is 653. The molecule has 0 bridgehead atoms. The van der Waals surface area contributed by atoms with Crippen molar-refractivity contribution in [2.75, 3.05) is 7.11 Å². The minimum absolute atomic E-state index is 0.118. The van der Waals surface area contributed by atoms with Gasteiger partial charge >= 0.3 is 5.63 Å². The van der Waals surface area contributed by atoms with Crippen LogP contribution in [-0.4, -0.2) is 12.2 Å². The second-order valence-electron chi connectivity index (χ2n) is 4.63. The minimum atomic E-state index is -0.465. The standard InChI is InChI=1S/C14H16O4/c1-7(2)9-6-11(15)18-14-10(9)5-8(3)13(17-4)12(14)16/h5-7,16H,1-4H3. The van der Waals surface area contributed by atoms with Crippen LogP contribution in [0.2, 0.25) is 0 Å². The summed E-state index contributed by atoms with van der Waals surface area (Å²) in [7, 11) is 1.47. The predicted molar refractivity (Wildman–Crippen MR) is 69.5 cm³/mol. The molecule has 0 unspecified atom stereocenters. The summed E-state index contributed by atoms with van der Waals surface area (Å²) in [5.74, 6) is 0.391. The molecule has 2 rings (SSSR count). The molecule has 0 fully saturated rings. The van der Waals surface area contributed by atoms with Gasteiger partial charge in [0.1, 0.15) is 0 Å². The van der Waals surface area contributed by atoms with Gasteiger partial charge in [-0.1, -0.05) is 13.8 Å². The molecule has 4 heteroatoms. The summed E-state index contributed by atoms with van der Waals surface area (Å²) in [5.41, 5.74) is 1.39. The quantitative estimate of drug-likeness (QED) is 0.830. The Labute approximate surface area is 105 Å². The largest absolute Gasteiger partial charge is 0.502 e. The van der Waals surface area contributed by atoms with Crippen LogP contribution >= 0.6 is 0 Å². The van der Waals surface area contributed by atoms with E-state index in [1.807, 2.05) is 26.8 Å². The van der Waals surface area contributed by atoms with E-state index in [1.165, 1.54) is 13.2 Å². The van der Waals surface area contributed by atoms with E-state index in [2.05, 4.69) is 0 Å². The topological polar surface area (TPSA) is 59.7 Å². The molecule has 1 heterocycles. The molecule has 0 saturated carbocycles. The Hall–Kier alpha value is -1.97. The summed E-state index contributed by atoms with van der Waals surface area (Å²) in [6.07, 6.45) is 0. The first-order valence-electron chi connectivity index (χ1n) is 5.80. The summed E-state index contributed by atoms with van der Waals surface area (Å²) in [6, 6.07) is 3.34. The summed E-state index contributed by atoms with van der Waals surface area (Å²) in [5, 5.41) is 10.9. The van der Waals surface area contributed by atoms with Gasteiger partial charge in [-0.05, 0) is 30.0 Å². The molecule has 1 N–H and O–H groups in total. The maximum atomic E-state index is 11.5. The monoisotopic (exact) mass is 248 g/mol. The molecule has 4 nitrogen and oxygen atoms in total. The molecule has 0 aliphatic carbocycles. The second-order valence-corrected chi connectivity index (χ2v) is 4.63. The van der Waals surface area contributed by atoms with Gasteiger partial charge in [-0.2, -0.15) is 0 Å². The normalized spacial score (nSPS) is 11.2. The molecule has 1 aromatic heterocycles.